The van der Waals surface area contributed by atoms with E-state index in [1.165, 1.54) is 5.56 Å². The van der Waals surface area contributed by atoms with Crippen LogP contribution in [0.5, 0.6) is 0 Å². The van der Waals surface area contributed by atoms with Crippen LogP contribution >= 0.6 is 11.8 Å². The van der Waals surface area contributed by atoms with Gasteiger partial charge in [0.2, 0.25) is 0 Å². The normalized spacial score (nSPS) is 11.1. The Balaban J connectivity index is 1.82. The Hall–Kier alpha value is -2.19. The number of nitrogens with zero attached hydrogens (tertiary/aromatic N) is 6. The van der Waals surface area contributed by atoms with Gasteiger partial charge in [0.25, 0.3) is 0 Å². The van der Waals surface area contributed by atoms with E-state index < -0.39 is 0 Å². The number of rotatable bonds is 6. The molecule has 0 fully saturated rings. The summed E-state index contributed by atoms with van der Waals surface area (Å²) in [5.41, 5.74) is 8.06. The molecule has 0 bridgehead atoms. The quantitative estimate of drug-likeness (QED) is 0.693. The molecule has 0 saturated carbocycles. The molecule has 23 heavy (non-hydrogen) atoms. The molecule has 3 aromatic rings. The van der Waals surface area contributed by atoms with Gasteiger partial charge in [0.05, 0.1) is 12.2 Å². The third kappa shape index (κ3) is 3.27. The number of thioether (sulfide) groups is 1. The first-order valence-corrected chi connectivity index (χ1v) is 8.37. The van der Waals surface area contributed by atoms with Crippen LogP contribution in [0, 0.1) is 13.8 Å². The minimum atomic E-state index is 0.354. The number of nitrogens with two attached hydrogens (primary N) is 1. The Morgan fingerprint density at radius 2 is 1.96 bits per heavy atom. The molecule has 0 unspecified atom stereocenters. The fraction of sp³-hybridized carbons (Fsp3) is 0.333. The Bertz CT molecular complexity index is 793. The Morgan fingerprint density at radius 3 is 2.65 bits per heavy atom. The van der Waals surface area contributed by atoms with E-state index in [2.05, 4.69) is 39.5 Å². The van der Waals surface area contributed by atoms with Crippen LogP contribution in [0.15, 0.2) is 35.7 Å². The van der Waals surface area contributed by atoms with Crippen molar-refractivity contribution in [1.82, 2.24) is 29.5 Å². The molecule has 0 radical (unpaired) electrons. The standard InChI is InChI=1S/C15H19N7S/c1-11-5-3-4-6-13(11)22-14(9-16)19-20-15(22)23-8-7-21-10-17-18-12(21)2/h3-6,10H,7-9,16H2,1-2H3. The van der Waals surface area contributed by atoms with Gasteiger partial charge in [-0.05, 0) is 25.5 Å². The smallest absolute Gasteiger partial charge is 0.195 e. The molecule has 7 nitrogen and oxygen atoms in total. The van der Waals surface area contributed by atoms with Crippen molar-refractivity contribution in [2.45, 2.75) is 32.1 Å². The van der Waals surface area contributed by atoms with Crippen LogP contribution in [0.25, 0.3) is 5.69 Å². The summed E-state index contributed by atoms with van der Waals surface area (Å²) in [6.07, 6.45) is 1.74. The van der Waals surface area contributed by atoms with E-state index in [9.17, 15) is 0 Å². The molecule has 0 amide bonds. The van der Waals surface area contributed by atoms with Gasteiger partial charge in [-0.15, -0.1) is 20.4 Å². The molecule has 0 aliphatic rings. The highest BCUT2D eigenvalue weighted by molar-refractivity contribution is 7.99. The van der Waals surface area contributed by atoms with Gasteiger partial charge in [-0.25, -0.2) is 0 Å². The summed E-state index contributed by atoms with van der Waals surface area (Å²) >= 11 is 1.65. The van der Waals surface area contributed by atoms with Gasteiger partial charge in [0, 0.05) is 12.3 Å². The lowest BCUT2D eigenvalue weighted by atomic mass is 10.2. The SMILES string of the molecule is Cc1ccccc1-n1c(CN)nnc1SCCn1cnnc1C. The van der Waals surface area contributed by atoms with Crippen LogP contribution in [0.2, 0.25) is 0 Å². The van der Waals surface area contributed by atoms with E-state index in [-0.39, 0.29) is 0 Å². The lowest BCUT2D eigenvalue weighted by Crippen LogP contribution is -2.09. The summed E-state index contributed by atoms with van der Waals surface area (Å²) in [6, 6.07) is 8.17. The Labute approximate surface area is 138 Å². The van der Waals surface area contributed by atoms with E-state index >= 15 is 0 Å². The van der Waals surface area contributed by atoms with Crippen LogP contribution in [-0.2, 0) is 13.1 Å². The first kappa shape index (κ1) is 15.7. The topological polar surface area (TPSA) is 87.4 Å². The minimum Gasteiger partial charge on any atom is -0.324 e. The first-order chi connectivity index (χ1) is 11.2. The van der Waals surface area contributed by atoms with Crippen LogP contribution < -0.4 is 5.73 Å². The van der Waals surface area contributed by atoms with Crippen molar-refractivity contribution in [3.05, 3.63) is 47.8 Å². The minimum absolute atomic E-state index is 0.354. The third-order valence-corrected chi connectivity index (χ3v) is 4.52. The van der Waals surface area contributed by atoms with Crippen molar-refractivity contribution in [3.63, 3.8) is 0 Å². The van der Waals surface area contributed by atoms with Crippen molar-refractivity contribution >= 4 is 11.8 Å². The zero-order valence-corrected chi connectivity index (χ0v) is 14.0. The number of hydrogen-bond donors (Lipinski definition) is 1. The van der Waals surface area contributed by atoms with Gasteiger partial charge in [-0.1, -0.05) is 30.0 Å². The summed E-state index contributed by atoms with van der Waals surface area (Å²) in [6.45, 7) is 5.19. The van der Waals surface area contributed by atoms with Gasteiger partial charge >= 0.3 is 0 Å². The molecule has 2 heterocycles. The average molecular weight is 329 g/mol. The molecule has 0 atom stereocenters. The molecule has 120 valence electrons. The molecule has 8 heteroatoms. The third-order valence-electron chi connectivity index (χ3n) is 3.61. The van der Waals surface area contributed by atoms with Crippen molar-refractivity contribution in [3.8, 4) is 5.69 Å². The van der Waals surface area contributed by atoms with Gasteiger partial charge < -0.3 is 10.3 Å². The van der Waals surface area contributed by atoms with Crippen molar-refractivity contribution in [2.24, 2.45) is 5.73 Å². The van der Waals surface area contributed by atoms with Gasteiger partial charge in [0.15, 0.2) is 11.0 Å². The largest absolute Gasteiger partial charge is 0.324 e. The number of para-hydroxylation sites is 1. The van der Waals surface area contributed by atoms with Gasteiger partial charge in [0.1, 0.15) is 12.2 Å². The number of benzene rings is 1. The number of hydrogen-bond acceptors (Lipinski definition) is 6. The predicted molar refractivity (Wildman–Crippen MR) is 89.5 cm³/mol. The Morgan fingerprint density at radius 1 is 1.13 bits per heavy atom. The molecule has 0 aliphatic carbocycles. The fourth-order valence-corrected chi connectivity index (χ4v) is 3.25. The zero-order valence-electron chi connectivity index (χ0n) is 13.2. The highest BCUT2D eigenvalue weighted by atomic mass is 32.2. The van der Waals surface area contributed by atoms with E-state index in [1.807, 2.05) is 28.2 Å². The molecule has 0 aliphatic heterocycles. The van der Waals surface area contributed by atoms with Gasteiger partial charge in [-0.2, -0.15) is 0 Å². The maximum Gasteiger partial charge on any atom is 0.195 e. The average Bonchev–Trinajstić information content (AvgIpc) is 3.14. The van der Waals surface area contributed by atoms with E-state index in [0.29, 0.717) is 6.54 Å². The Kier molecular flexibility index (Phi) is 4.73. The van der Waals surface area contributed by atoms with Crippen molar-refractivity contribution in [2.75, 3.05) is 5.75 Å². The maximum absolute atomic E-state index is 5.82. The van der Waals surface area contributed by atoms with Crippen LogP contribution in [-0.4, -0.2) is 35.3 Å². The lowest BCUT2D eigenvalue weighted by Gasteiger charge is -2.12. The zero-order chi connectivity index (χ0) is 16.2. The van der Waals surface area contributed by atoms with E-state index in [1.54, 1.807) is 18.1 Å². The van der Waals surface area contributed by atoms with Gasteiger partial charge in [-0.3, -0.25) is 4.57 Å². The molecular weight excluding hydrogens is 310 g/mol. The first-order valence-electron chi connectivity index (χ1n) is 7.38. The maximum atomic E-state index is 5.82. The van der Waals surface area contributed by atoms with Crippen molar-refractivity contribution < 1.29 is 0 Å². The van der Waals surface area contributed by atoms with Crippen LogP contribution in [0.4, 0.5) is 0 Å². The predicted octanol–water partition coefficient (Wildman–Crippen LogP) is 1.73. The summed E-state index contributed by atoms with van der Waals surface area (Å²) in [5.74, 6) is 2.53. The molecule has 3 rings (SSSR count). The summed E-state index contributed by atoms with van der Waals surface area (Å²) in [7, 11) is 0. The van der Waals surface area contributed by atoms with Crippen LogP contribution in [0.1, 0.15) is 17.2 Å². The summed E-state index contributed by atoms with van der Waals surface area (Å²) in [5, 5.41) is 17.3. The number of aryl methyl sites for hydroxylation is 3. The second-order valence-corrected chi connectivity index (χ2v) is 6.21. The summed E-state index contributed by atoms with van der Waals surface area (Å²) < 4.78 is 4.06. The molecule has 0 spiro atoms. The number of aromatic nitrogens is 6. The molecule has 1 aromatic carbocycles. The second-order valence-electron chi connectivity index (χ2n) is 5.14. The molecule has 2 aromatic heterocycles. The van der Waals surface area contributed by atoms with E-state index in [4.69, 9.17) is 5.73 Å². The molecule has 0 saturated heterocycles. The second kappa shape index (κ2) is 6.93. The van der Waals surface area contributed by atoms with Crippen molar-refractivity contribution in [1.29, 1.82) is 0 Å². The highest BCUT2D eigenvalue weighted by Crippen LogP contribution is 2.24. The summed E-state index contributed by atoms with van der Waals surface area (Å²) in [4.78, 5) is 0. The van der Waals surface area contributed by atoms with E-state index in [0.717, 1.165) is 34.8 Å². The fourth-order valence-electron chi connectivity index (χ4n) is 2.35. The molecular formula is C15H19N7S. The highest BCUT2D eigenvalue weighted by Gasteiger charge is 2.14. The monoisotopic (exact) mass is 329 g/mol. The lowest BCUT2D eigenvalue weighted by molar-refractivity contribution is 0.734. The molecule has 2 N–H and O–H groups in total. The van der Waals surface area contributed by atoms with Crippen LogP contribution in [0.3, 0.4) is 0 Å².